The van der Waals surface area contributed by atoms with Crippen LogP contribution in [0.3, 0.4) is 0 Å². The fourth-order valence-electron chi connectivity index (χ4n) is 2.69. The van der Waals surface area contributed by atoms with Crippen LogP contribution in [0.2, 0.25) is 0 Å². The number of hydrogen-bond acceptors (Lipinski definition) is 1. The van der Waals surface area contributed by atoms with Gasteiger partial charge in [0.1, 0.15) is 0 Å². The van der Waals surface area contributed by atoms with Crippen molar-refractivity contribution in [2.75, 3.05) is 6.54 Å². The zero-order chi connectivity index (χ0) is 14.0. The first kappa shape index (κ1) is 13.9. The maximum absolute atomic E-state index is 3.41. The van der Waals surface area contributed by atoms with Gasteiger partial charge in [-0.1, -0.05) is 24.6 Å². The lowest BCUT2D eigenvalue weighted by Crippen LogP contribution is -2.12. The second kappa shape index (κ2) is 5.62. The van der Waals surface area contributed by atoms with Crippen molar-refractivity contribution in [2.45, 2.75) is 41.2 Å². The second-order valence-electron chi connectivity index (χ2n) is 5.30. The molecule has 2 aromatic rings. The van der Waals surface area contributed by atoms with Gasteiger partial charge in [0.05, 0.1) is 0 Å². The maximum Gasteiger partial charge on any atom is 0.0484 e. The van der Waals surface area contributed by atoms with Gasteiger partial charge in [0.15, 0.2) is 0 Å². The Hall–Kier alpha value is -1.54. The van der Waals surface area contributed by atoms with Gasteiger partial charge in [-0.25, -0.2) is 0 Å². The maximum atomic E-state index is 3.41. The topological polar surface area (TPSA) is 17.0 Å². The summed E-state index contributed by atoms with van der Waals surface area (Å²) in [5.41, 5.74) is 7.97. The van der Waals surface area contributed by atoms with Crippen LogP contribution in [0.1, 0.15) is 35.0 Å². The molecule has 1 aromatic carbocycles. The molecule has 0 aliphatic heterocycles. The molecule has 0 unspecified atom stereocenters. The lowest BCUT2D eigenvalue weighted by atomic mass is 10.1. The summed E-state index contributed by atoms with van der Waals surface area (Å²) in [5.74, 6) is 0. The zero-order valence-corrected chi connectivity index (χ0v) is 12.7. The number of nitrogens with one attached hydrogen (secondary N) is 1. The van der Waals surface area contributed by atoms with E-state index in [-0.39, 0.29) is 0 Å². The third-order valence-corrected chi connectivity index (χ3v) is 3.69. The molecule has 1 N–H and O–H groups in total. The standard InChI is InChI=1S/C17H24N2/c1-6-18-11-16-10-14(4)19(15(16)5)17-8-7-12(2)9-13(17)3/h7-10,18H,6,11H2,1-5H3. The van der Waals surface area contributed by atoms with Crippen molar-refractivity contribution >= 4 is 0 Å². The Labute approximate surface area is 116 Å². The summed E-state index contributed by atoms with van der Waals surface area (Å²) in [4.78, 5) is 0. The molecule has 0 spiro atoms. The third kappa shape index (κ3) is 2.74. The first-order chi connectivity index (χ1) is 9.04. The molecule has 0 atom stereocenters. The Bertz CT molecular complexity index is 579. The highest BCUT2D eigenvalue weighted by atomic mass is 15.0. The Morgan fingerprint density at radius 3 is 2.42 bits per heavy atom. The van der Waals surface area contributed by atoms with Crippen molar-refractivity contribution in [3.8, 4) is 5.69 Å². The molecule has 2 rings (SSSR count). The van der Waals surface area contributed by atoms with Gasteiger partial charge in [0.2, 0.25) is 0 Å². The summed E-state index contributed by atoms with van der Waals surface area (Å²) in [6, 6.07) is 8.95. The Morgan fingerprint density at radius 1 is 1.05 bits per heavy atom. The molecule has 2 nitrogen and oxygen atoms in total. The number of aromatic nitrogens is 1. The molecule has 2 heteroatoms. The van der Waals surface area contributed by atoms with Gasteiger partial charge >= 0.3 is 0 Å². The average molecular weight is 256 g/mol. The van der Waals surface area contributed by atoms with Crippen molar-refractivity contribution in [1.29, 1.82) is 0 Å². The number of hydrogen-bond donors (Lipinski definition) is 1. The van der Waals surface area contributed by atoms with Gasteiger partial charge in [-0.15, -0.1) is 0 Å². The van der Waals surface area contributed by atoms with Crippen molar-refractivity contribution in [3.05, 3.63) is 52.3 Å². The minimum atomic E-state index is 0.946. The summed E-state index contributed by atoms with van der Waals surface area (Å²) in [6.45, 7) is 12.8. The van der Waals surface area contributed by atoms with Gasteiger partial charge in [0, 0.05) is 23.6 Å². The third-order valence-electron chi connectivity index (χ3n) is 3.69. The molecular weight excluding hydrogens is 232 g/mol. The summed E-state index contributed by atoms with van der Waals surface area (Å²) in [5, 5.41) is 3.41. The fraction of sp³-hybridized carbons (Fsp3) is 0.412. The fourth-order valence-corrected chi connectivity index (χ4v) is 2.69. The van der Waals surface area contributed by atoms with Crippen LogP contribution in [0.5, 0.6) is 0 Å². The van der Waals surface area contributed by atoms with Gasteiger partial charge in [0.25, 0.3) is 0 Å². The number of nitrogens with zero attached hydrogens (tertiary/aromatic N) is 1. The summed E-state index contributed by atoms with van der Waals surface area (Å²) in [6.07, 6.45) is 0. The van der Waals surface area contributed by atoms with E-state index in [4.69, 9.17) is 0 Å². The number of benzene rings is 1. The normalized spacial score (nSPS) is 11.0. The van der Waals surface area contributed by atoms with E-state index in [0.29, 0.717) is 0 Å². The van der Waals surface area contributed by atoms with Crippen LogP contribution in [0.15, 0.2) is 24.3 Å². The quantitative estimate of drug-likeness (QED) is 0.880. The molecule has 102 valence electrons. The highest BCUT2D eigenvalue weighted by Crippen LogP contribution is 2.23. The molecule has 0 fully saturated rings. The molecular formula is C17H24N2. The number of rotatable bonds is 4. The van der Waals surface area contributed by atoms with Gasteiger partial charge in [-0.05, 0) is 57.5 Å². The van der Waals surface area contributed by atoms with E-state index in [1.807, 2.05) is 0 Å². The molecule has 0 amide bonds. The second-order valence-corrected chi connectivity index (χ2v) is 5.30. The van der Waals surface area contributed by atoms with Crippen molar-refractivity contribution in [3.63, 3.8) is 0 Å². The van der Waals surface area contributed by atoms with Crippen LogP contribution in [-0.2, 0) is 6.54 Å². The first-order valence-electron chi connectivity index (χ1n) is 7.00. The van der Waals surface area contributed by atoms with E-state index < -0.39 is 0 Å². The molecule has 0 aliphatic carbocycles. The van der Waals surface area contributed by atoms with E-state index >= 15 is 0 Å². The van der Waals surface area contributed by atoms with Gasteiger partial charge in [-0.2, -0.15) is 0 Å². The molecule has 19 heavy (non-hydrogen) atoms. The largest absolute Gasteiger partial charge is 0.318 e. The predicted octanol–water partition coefficient (Wildman–Crippen LogP) is 3.82. The molecule has 1 heterocycles. The van der Waals surface area contributed by atoms with Crippen LogP contribution >= 0.6 is 0 Å². The Kier molecular flexibility index (Phi) is 4.11. The lowest BCUT2D eigenvalue weighted by molar-refractivity contribution is 0.722. The summed E-state index contributed by atoms with van der Waals surface area (Å²) in [7, 11) is 0. The SMILES string of the molecule is CCNCc1cc(C)n(-c2ccc(C)cc2C)c1C. The highest BCUT2D eigenvalue weighted by molar-refractivity contribution is 5.47. The molecule has 0 bridgehead atoms. The van der Waals surface area contributed by atoms with Crippen LogP contribution in [0.4, 0.5) is 0 Å². The van der Waals surface area contributed by atoms with E-state index in [1.54, 1.807) is 0 Å². The minimum absolute atomic E-state index is 0.946. The van der Waals surface area contributed by atoms with E-state index in [9.17, 15) is 0 Å². The van der Waals surface area contributed by atoms with E-state index in [2.05, 4.69) is 68.8 Å². The monoisotopic (exact) mass is 256 g/mol. The number of aryl methyl sites for hydroxylation is 3. The first-order valence-corrected chi connectivity index (χ1v) is 7.00. The predicted molar refractivity (Wildman–Crippen MR) is 82.1 cm³/mol. The molecule has 0 aliphatic rings. The van der Waals surface area contributed by atoms with Gasteiger partial charge in [-0.3, -0.25) is 0 Å². The van der Waals surface area contributed by atoms with Crippen molar-refractivity contribution in [2.24, 2.45) is 0 Å². The average Bonchev–Trinajstić information content (AvgIpc) is 2.63. The Morgan fingerprint density at radius 2 is 1.79 bits per heavy atom. The van der Waals surface area contributed by atoms with Crippen molar-refractivity contribution in [1.82, 2.24) is 9.88 Å². The minimum Gasteiger partial charge on any atom is -0.318 e. The summed E-state index contributed by atoms with van der Waals surface area (Å²) >= 11 is 0. The zero-order valence-electron chi connectivity index (χ0n) is 12.7. The van der Waals surface area contributed by atoms with E-state index in [0.717, 1.165) is 13.1 Å². The molecule has 0 saturated carbocycles. The van der Waals surface area contributed by atoms with Crippen LogP contribution in [0.25, 0.3) is 5.69 Å². The highest BCUT2D eigenvalue weighted by Gasteiger charge is 2.11. The smallest absolute Gasteiger partial charge is 0.0484 e. The van der Waals surface area contributed by atoms with Crippen molar-refractivity contribution < 1.29 is 0 Å². The van der Waals surface area contributed by atoms with Crippen LogP contribution in [-0.4, -0.2) is 11.1 Å². The molecule has 0 saturated heterocycles. The van der Waals surface area contributed by atoms with Gasteiger partial charge < -0.3 is 9.88 Å². The molecule has 1 aromatic heterocycles. The summed E-state index contributed by atoms with van der Waals surface area (Å²) < 4.78 is 2.36. The molecule has 0 radical (unpaired) electrons. The lowest BCUT2D eigenvalue weighted by Gasteiger charge is -2.14. The van der Waals surface area contributed by atoms with Crippen LogP contribution < -0.4 is 5.32 Å². The Balaban J connectivity index is 2.47. The van der Waals surface area contributed by atoms with E-state index in [1.165, 1.54) is 33.8 Å². The van der Waals surface area contributed by atoms with Crippen LogP contribution in [0, 0.1) is 27.7 Å².